The van der Waals surface area contributed by atoms with Crippen LogP contribution in [0.15, 0.2) is 0 Å². The van der Waals surface area contributed by atoms with E-state index in [4.69, 9.17) is 14.2 Å². The van der Waals surface area contributed by atoms with E-state index in [0.29, 0.717) is 0 Å². The molecule has 0 aromatic heterocycles. The lowest BCUT2D eigenvalue weighted by molar-refractivity contribution is -0.484. The SMILES string of the molecule is CCOC(=O)[C@@H](CC(F)(F)CC[N+](=O)[O-])N(C(=O)OC(C)(C)C)C(=O)OC(C)(C)C. The maximum absolute atomic E-state index is 14.4. The van der Waals surface area contributed by atoms with Crippen LogP contribution in [-0.2, 0) is 19.0 Å². The fourth-order valence-electron chi connectivity index (χ4n) is 2.11. The van der Waals surface area contributed by atoms with E-state index in [0.717, 1.165) is 0 Å². The lowest BCUT2D eigenvalue weighted by atomic mass is 10.0. The standard InChI is InChI=1S/C18H30F2N2O8/c1-8-28-13(23)12(11-18(19,20)9-10-21(26)27)22(14(24)29-16(2,3)4)15(25)30-17(5,6)7/h12H,8-11H2,1-7H3/t12-/m1/s1. The summed E-state index contributed by atoms with van der Waals surface area (Å²) in [5.74, 6) is -5.05. The average molecular weight is 440 g/mol. The van der Waals surface area contributed by atoms with Crippen LogP contribution in [0, 0.1) is 10.1 Å². The normalized spacial score (nSPS) is 13.2. The number of esters is 1. The molecule has 1 atom stereocenters. The highest BCUT2D eigenvalue weighted by Gasteiger charge is 2.47. The van der Waals surface area contributed by atoms with Gasteiger partial charge in [-0.1, -0.05) is 0 Å². The molecule has 10 nitrogen and oxygen atoms in total. The van der Waals surface area contributed by atoms with E-state index >= 15 is 0 Å². The van der Waals surface area contributed by atoms with E-state index in [-0.39, 0.29) is 11.5 Å². The van der Waals surface area contributed by atoms with E-state index in [1.54, 1.807) is 0 Å². The Morgan fingerprint density at radius 3 is 1.77 bits per heavy atom. The topological polar surface area (TPSA) is 125 Å². The van der Waals surface area contributed by atoms with Crippen molar-refractivity contribution in [3.63, 3.8) is 0 Å². The zero-order valence-corrected chi connectivity index (χ0v) is 18.3. The lowest BCUT2D eigenvalue weighted by Crippen LogP contribution is -2.54. The molecular weight excluding hydrogens is 410 g/mol. The minimum atomic E-state index is -3.76. The first kappa shape index (κ1) is 27.5. The molecule has 12 heteroatoms. The van der Waals surface area contributed by atoms with Crippen LogP contribution in [-0.4, -0.2) is 64.3 Å². The highest BCUT2D eigenvalue weighted by molar-refractivity contribution is 5.94. The van der Waals surface area contributed by atoms with Gasteiger partial charge in [-0.15, -0.1) is 0 Å². The summed E-state index contributed by atoms with van der Waals surface area (Å²) in [5, 5.41) is 10.5. The molecular formula is C18H30F2N2O8. The summed E-state index contributed by atoms with van der Waals surface area (Å²) < 4.78 is 43.6. The van der Waals surface area contributed by atoms with Gasteiger partial charge in [0.2, 0.25) is 6.54 Å². The number of carbonyl (C=O) groups excluding carboxylic acids is 3. The third-order valence-electron chi connectivity index (χ3n) is 3.20. The number of nitrogens with zero attached hydrogens (tertiary/aromatic N) is 2. The third kappa shape index (κ3) is 10.9. The molecule has 0 spiro atoms. The third-order valence-corrected chi connectivity index (χ3v) is 3.20. The zero-order valence-electron chi connectivity index (χ0n) is 18.3. The van der Waals surface area contributed by atoms with Crippen molar-refractivity contribution >= 4 is 18.2 Å². The van der Waals surface area contributed by atoms with Crippen LogP contribution in [0.1, 0.15) is 61.3 Å². The van der Waals surface area contributed by atoms with Gasteiger partial charge in [-0.25, -0.2) is 23.2 Å². The molecule has 30 heavy (non-hydrogen) atoms. The van der Waals surface area contributed by atoms with Crippen molar-refractivity contribution in [3.05, 3.63) is 10.1 Å². The number of ether oxygens (including phenoxy) is 3. The summed E-state index contributed by atoms with van der Waals surface area (Å²) in [6.07, 6.45) is -5.37. The Bertz CT molecular complexity index is 613. The molecule has 0 unspecified atom stereocenters. The lowest BCUT2D eigenvalue weighted by Gasteiger charge is -2.33. The maximum atomic E-state index is 14.4. The molecule has 0 N–H and O–H groups in total. The van der Waals surface area contributed by atoms with Crippen LogP contribution in [0.5, 0.6) is 0 Å². The van der Waals surface area contributed by atoms with Crippen LogP contribution in [0.25, 0.3) is 0 Å². The fourth-order valence-corrected chi connectivity index (χ4v) is 2.11. The number of imide groups is 1. The molecule has 0 aliphatic carbocycles. The number of rotatable bonds is 8. The van der Waals surface area contributed by atoms with Gasteiger partial charge in [0.25, 0.3) is 5.92 Å². The highest BCUT2D eigenvalue weighted by Crippen LogP contribution is 2.29. The summed E-state index contributed by atoms with van der Waals surface area (Å²) in [6, 6.07) is -2.11. The number of amides is 2. The fraction of sp³-hybridized carbons (Fsp3) is 0.833. The Kier molecular flexibility index (Phi) is 9.60. The van der Waals surface area contributed by atoms with Gasteiger partial charge >= 0.3 is 18.2 Å². The average Bonchev–Trinajstić information content (AvgIpc) is 2.49. The predicted octanol–water partition coefficient (Wildman–Crippen LogP) is 3.78. The van der Waals surface area contributed by atoms with Crippen molar-refractivity contribution in [3.8, 4) is 0 Å². The van der Waals surface area contributed by atoms with E-state index in [1.807, 2.05) is 0 Å². The van der Waals surface area contributed by atoms with Crippen LogP contribution >= 0.6 is 0 Å². The second-order valence-electron chi connectivity index (χ2n) is 8.46. The van der Waals surface area contributed by atoms with E-state index < -0.39 is 65.6 Å². The maximum Gasteiger partial charge on any atom is 0.420 e. The van der Waals surface area contributed by atoms with Crippen LogP contribution < -0.4 is 0 Å². The van der Waals surface area contributed by atoms with Crippen molar-refractivity contribution in [2.24, 2.45) is 0 Å². The number of hydrogen-bond acceptors (Lipinski definition) is 8. The van der Waals surface area contributed by atoms with Crippen LogP contribution in [0.2, 0.25) is 0 Å². The summed E-state index contributed by atoms with van der Waals surface area (Å²) in [6.45, 7) is 8.98. The summed E-state index contributed by atoms with van der Waals surface area (Å²) in [5.41, 5.74) is -2.24. The Balaban J connectivity index is 6.10. The Hall–Kier alpha value is -2.53. The molecule has 0 aliphatic heterocycles. The summed E-state index contributed by atoms with van der Waals surface area (Å²) in [7, 11) is 0. The first-order valence-electron chi connectivity index (χ1n) is 9.30. The molecule has 0 rings (SSSR count). The minimum absolute atomic E-state index is 0.133. The van der Waals surface area contributed by atoms with Crippen molar-refractivity contribution < 1.29 is 42.3 Å². The van der Waals surface area contributed by atoms with Gasteiger partial charge in [0.1, 0.15) is 17.2 Å². The van der Waals surface area contributed by atoms with Gasteiger partial charge in [0.05, 0.1) is 13.0 Å². The quantitative estimate of drug-likeness (QED) is 0.242. The Morgan fingerprint density at radius 2 is 1.43 bits per heavy atom. The van der Waals surface area contributed by atoms with Gasteiger partial charge in [0.15, 0.2) is 0 Å². The van der Waals surface area contributed by atoms with Crippen molar-refractivity contribution in [2.75, 3.05) is 13.2 Å². The van der Waals surface area contributed by atoms with Crippen molar-refractivity contribution in [2.45, 2.75) is 84.5 Å². The monoisotopic (exact) mass is 440 g/mol. The number of carbonyl (C=O) groups is 3. The first-order chi connectivity index (χ1) is 13.4. The highest BCUT2D eigenvalue weighted by atomic mass is 19.3. The molecule has 0 fully saturated rings. The van der Waals surface area contributed by atoms with E-state index in [1.165, 1.54) is 48.5 Å². The minimum Gasteiger partial charge on any atom is -0.464 e. The number of halogens is 2. The molecule has 0 saturated carbocycles. The van der Waals surface area contributed by atoms with Crippen molar-refractivity contribution in [1.29, 1.82) is 0 Å². The second kappa shape index (κ2) is 10.5. The molecule has 0 heterocycles. The first-order valence-corrected chi connectivity index (χ1v) is 9.30. The molecule has 2 amide bonds. The Morgan fingerprint density at radius 1 is 1.00 bits per heavy atom. The molecule has 0 aromatic carbocycles. The Labute approximate surface area is 174 Å². The second-order valence-corrected chi connectivity index (χ2v) is 8.46. The zero-order chi connectivity index (χ0) is 23.9. The van der Waals surface area contributed by atoms with Gasteiger partial charge in [0, 0.05) is 11.3 Å². The number of nitro groups is 1. The molecule has 174 valence electrons. The molecule has 0 radical (unpaired) electrons. The van der Waals surface area contributed by atoms with Crippen LogP contribution in [0.4, 0.5) is 18.4 Å². The van der Waals surface area contributed by atoms with Gasteiger partial charge in [-0.3, -0.25) is 10.1 Å². The molecule has 0 aliphatic rings. The smallest absolute Gasteiger partial charge is 0.420 e. The predicted molar refractivity (Wildman–Crippen MR) is 101 cm³/mol. The summed E-state index contributed by atoms with van der Waals surface area (Å²) >= 11 is 0. The van der Waals surface area contributed by atoms with Crippen LogP contribution in [0.3, 0.4) is 0 Å². The largest absolute Gasteiger partial charge is 0.464 e. The molecule has 0 saturated heterocycles. The molecule has 0 aromatic rings. The number of alkyl halides is 2. The summed E-state index contributed by atoms with van der Waals surface area (Å²) in [4.78, 5) is 47.3. The number of hydrogen-bond donors (Lipinski definition) is 0. The van der Waals surface area contributed by atoms with Gasteiger partial charge in [-0.2, -0.15) is 4.90 Å². The van der Waals surface area contributed by atoms with Gasteiger partial charge < -0.3 is 14.2 Å². The van der Waals surface area contributed by atoms with Gasteiger partial charge in [-0.05, 0) is 48.5 Å². The van der Waals surface area contributed by atoms with Crippen molar-refractivity contribution in [1.82, 2.24) is 4.90 Å². The molecule has 0 bridgehead atoms. The van der Waals surface area contributed by atoms with E-state index in [2.05, 4.69) is 0 Å². The van der Waals surface area contributed by atoms with E-state index in [9.17, 15) is 33.3 Å².